The van der Waals surface area contributed by atoms with Gasteiger partial charge < -0.3 is 0 Å². The Labute approximate surface area is 350 Å². The molecule has 0 amide bonds. The number of pyridine rings is 4. The van der Waals surface area contributed by atoms with E-state index in [1.54, 1.807) is 0 Å². The van der Waals surface area contributed by atoms with Gasteiger partial charge in [-0.15, -0.1) is 0 Å². The van der Waals surface area contributed by atoms with E-state index >= 15 is 0 Å². The van der Waals surface area contributed by atoms with E-state index in [0.717, 1.165) is 100 Å². The Hall–Kier alpha value is -8.08. The first-order valence-electron chi connectivity index (χ1n) is 20.0. The normalized spacial score (nSPS) is 11.0. The van der Waals surface area contributed by atoms with Crippen molar-refractivity contribution in [1.82, 2.24) is 19.9 Å². The van der Waals surface area contributed by atoms with Gasteiger partial charge in [0, 0.05) is 49.6 Å². The highest BCUT2D eigenvalue weighted by Gasteiger charge is 2.13. The molecule has 0 unspecified atom stereocenters. The maximum absolute atomic E-state index is 4.21. The minimum atomic E-state index is 1.14. The fourth-order valence-corrected chi connectivity index (χ4v) is 7.85. The molecule has 0 aliphatic carbocycles. The lowest BCUT2D eigenvalue weighted by Crippen LogP contribution is -1.90. The number of rotatable bonds is 9. The van der Waals surface area contributed by atoms with E-state index in [0.29, 0.717) is 0 Å². The Kier molecular flexibility index (Phi) is 9.92. The monoisotopic (exact) mass is 766 g/mol. The highest BCUT2D eigenvalue weighted by atomic mass is 14.6. The van der Waals surface area contributed by atoms with Gasteiger partial charge in [-0.05, 0) is 185 Å². The molecular weight excluding hydrogens is 729 g/mol. The van der Waals surface area contributed by atoms with Gasteiger partial charge in [-0.2, -0.15) is 0 Å². The molecule has 4 heteroatoms. The van der Waals surface area contributed by atoms with Crippen molar-refractivity contribution in [3.8, 4) is 100 Å². The van der Waals surface area contributed by atoms with Gasteiger partial charge in [-0.25, -0.2) is 0 Å². The fourth-order valence-electron chi connectivity index (χ4n) is 7.85. The topological polar surface area (TPSA) is 51.6 Å². The van der Waals surface area contributed by atoms with Crippen LogP contribution in [-0.2, 0) is 0 Å². The molecule has 282 valence electrons. The second-order valence-electron chi connectivity index (χ2n) is 14.9. The van der Waals surface area contributed by atoms with E-state index in [9.17, 15) is 0 Å². The van der Waals surface area contributed by atoms with Crippen LogP contribution in [0.15, 0.2) is 232 Å². The van der Waals surface area contributed by atoms with Crippen LogP contribution in [-0.4, -0.2) is 19.9 Å². The molecule has 4 heterocycles. The zero-order chi connectivity index (χ0) is 40.1. The quantitative estimate of drug-likeness (QED) is 0.147. The largest absolute Gasteiger partial charge is 0.265 e. The van der Waals surface area contributed by atoms with E-state index in [-0.39, 0.29) is 0 Å². The van der Waals surface area contributed by atoms with Crippen LogP contribution in [0, 0.1) is 0 Å². The first-order valence-corrected chi connectivity index (χ1v) is 20.0. The second-order valence-corrected chi connectivity index (χ2v) is 14.9. The van der Waals surface area contributed by atoms with Crippen molar-refractivity contribution in [1.29, 1.82) is 0 Å². The third-order valence-electron chi connectivity index (χ3n) is 11.1. The van der Waals surface area contributed by atoms with Crippen molar-refractivity contribution >= 4 is 0 Å². The molecule has 0 radical (unpaired) electrons. The Morgan fingerprint density at radius 3 is 0.417 bits per heavy atom. The first kappa shape index (κ1) is 36.3. The van der Waals surface area contributed by atoms with E-state index in [1.807, 2.05) is 98.1 Å². The Bertz CT molecular complexity index is 2590. The molecule has 4 aromatic heterocycles. The third-order valence-corrected chi connectivity index (χ3v) is 11.1. The third kappa shape index (κ3) is 7.78. The lowest BCUT2D eigenvalue weighted by Gasteiger charge is -2.15. The summed E-state index contributed by atoms with van der Waals surface area (Å²) >= 11 is 0. The minimum absolute atomic E-state index is 1.14. The summed E-state index contributed by atoms with van der Waals surface area (Å²) in [6.45, 7) is 0. The number of benzene rings is 6. The van der Waals surface area contributed by atoms with Crippen molar-refractivity contribution in [2.75, 3.05) is 0 Å². The predicted octanol–water partition coefficient (Wildman–Crippen LogP) is 14.3. The molecule has 0 N–H and O–H groups in total. The minimum Gasteiger partial charge on any atom is -0.265 e. The summed E-state index contributed by atoms with van der Waals surface area (Å²) in [6, 6.07) is 65.7. The van der Waals surface area contributed by atoms with Gasteiger partial charge >= 0.3 is 0 Å². The number of hydrogen-bond donors (Lipinski definition) is 0. The van der Waals surface area contributed by atoms with Crippen LogP contribution < -0.4 is 0 Å². The van der Waals surface area contributed by atoms with E-state index in [2.05, 4.69) is 153 Å². The van der Waals surface area contributed by atoms with E-state index < -0.39 is 0 Å². The van der Waals surface area contributed by atoms with Gasteiger partial charge in [-0.1, -0.05) is 97.1 Å². The lowest BCUT2D eigenvalue weighted by molar-refractivity contribution is 1.33. The van der Waals surface area contributed by atoms with E-state index in [1.165, 1.54) is 0 Å². The lowest BCUT2D eigenvalue weighted by atomic mass is 9.89. The van der Waals surface area contributed by atoms with Gasteiger partial charge in [0.15, 0.2) is 0 Å². The summed E-state index contributed by atoms with van der Waals surface area (Å²) in [5.41, 5.74) is 20.7. The predicted molar refractivity (Wildman–Crippen MR) is 247 cm³/mol. The summed E-state index contributed by atoms with van der Waals surface area (Å²) in [6.07, 6.45) is 14.7. The van der Waals surface area contributed by atoms with Crippen LogP contribution in [0.3, 0.4) is 0 Å². The smallest absolute Gasteiger partial charge is 0.0273 e. The van der Waals surface area contributed by atoms with Gasteiger partial charge in [0.2, 0.25) is 0 Å². The molecule has 0 aliphatic heterocycles. The molecule has 0 saturated carbocycles. The number of aromatic nitrogens is 4. The van der Waals surface area contributed by atoms with Crippen molar-refractivity contribution in [2.45, 2.75) is 0 Å². The molecule has 10 aromatic rings. The summed E-state index contributed by atoms with van der Waals surface area (Å²) < 4.78 is 0. The number of hydrogen-bond acceptors (Lipinski definition) is 4. The van der Waals surface area contributed by atoms with Crippen LogP contribution in [0.1, 0.15) is 0 Å². The zero-order valence-corrected chi connectivity index (χ0v) is 32.7. The van der Waals surface area contributed by atoms with Crippen molar-refractivity contribution in [3.63, 3.8) is 0 Å². The maximum Gasteiger partial charge on any atom is 0.0273 e. The Balaban J connectivity index is 1.11. The molecule has 0 bridgehead atoms. The van der Waals surface area contributed by atoms with Crippen molar-refractivity contribution in [3.05, 3.63) is 232 Å². The molecule has 0 atom stereocenters. The van der Waals surface area contributed by atoms with Gasteiger partial charge in [0.1, 0.15) is 0 Å². The average molecular weight is 767 g/mol. The molecule has 10 rings (SSSR count). The van der Waals surface area contributed by atoms with Crippen LogP contribution >= 0.6 is 0 Å². The first-order chi connectivity index (χ1) is 29.7. The Morgan fingerprint density at radius 2 is 0.250 bits per heavy atom. The van der Waals surface area contributed by atoms with Crippen LogP contribution in [0.5, 0.6) is 0 Å². The fraction of sp³-hybridized carbons (Fsp3) is 0. The van der Waals surface area contributed by atoms with Gasteiger partial charge in [0.25, 0.3) is 0 Å². The van der Waals surface area contributed by atoms with Gasteiger partial charge in [0.05, 0.1) is 0 Å². The summed E-state index contributed by atoms with van der Waals surface area (Å²) in [5.74, 6) is 0. The molecule has 60 heavy (non-hydrogen) atoms. The Morgan fingerprint density at radius 1 is 0.133 bits per heavy atom. The molecule has 0 saturated heterocycles. The van der Waals surface area contributed by atoms with Crippen molar-refractivity contribution in [2.24, 2.45) is 0 Å². The van der Waals surface area contributed by atoms with Crippen LogP contribution in [0.25, 0.3) is 100 Å². The molecule has 6 aromatic carbocycles. The van der Waals surface area contributed by atoms with Crippen molar-refractivity contribution < 1.29 is 0 Å². The highest BCUT2D eigenvalue weighted by molar-refractivity contribution is 5.87. The zero-order valence-electron chi connectivity index (χ0n) is 32.7. The summed E-state index contributed by atoms with van der Waals surface area (Å²) in [7, 11) is 0. The second kappa shape index (κ2) is 16.4. The van der Waals surface area contributed by atoms with Gasteiger partial charge in [-0.3, -0.25) is 19.9 Å². The van der Waals surface area contributed by atoms with Crippen LogP contribution in [0.4, 0.5) is 0 Å². The number of nitrogens with zero attached hydrogens (tertiary/aromatic N) is 4. The molecular formula is C56H38N4. The molecule has 4 nitrogen and oxygen atoms in total. The summed E-state index contributed by atoms with van der Waals surface area (Å²) in [4.78, 5) is 16.8. The standard InChI is InChI=1S/C56H38N4/c1-9-43(10-2-39(1)47-17-25-57-26-18-47)51-33-52(44-11-3-40(4-12-44)48-19-27-58-28-20-48)36-55(35-51)56-37-53(45-13-5-41(6-14-45)49-21-29-59-30-22-49)34-54(38-56)46-15-7-42(8-16-46)50-23-31-60-32-24-50/h1-38H. The molecule has 0 fully saturated rings. The SMILES string of the molecule is c1cc(-c2ccc(-c3cc(-c4ccc(-c5ccncc5)cc4)cc(-c4cc(-c5ccc(-c6ccncc6)cc5)cc(-c5ccc(-c6ccncc6)cc5)c4)c3)cc2)ccn1. The average Bonchev–Trinajstić information content (AvgIpc) is 3.35. The van der Waals surface area contributed by atoms with E-state index in [4.69, 9.17) is 0 Å². The highest BCUT2D eigenvalue weighted by Crippen LogP contribution is 2.39. The molecule has 0 aliphatic rings. The summed E-state index contributed by atoms with van der Waals surface area (Å²) in [5, 5.41) is 0. The van der Waals surface area contributed by atoms with Crippen LogP contribution in [0.2, 0.25) is 0 Å². The molecule has 0 spiro atoms. The maximum atomic E-state index is 4.21.